The molecule has 5 rings (SSSR count). The lowest BCUT2D eigenvalue weighted by atomic mass is 9.62. The molecule has 14 heavy (non-hydrogen) atoms. The molecule has 0 aromatic rings. The highest BCUT2D eigenvalue weighted by molar-refractivity contribution is 5.16. The highest BCUT2D eigenvalue weighted by Gasteiger charge is 2.72. The average Bonchev–Trinajstić information content (AvgIpc) is 2.41. The highest BCUT2D eigenvalue weighted by Crippen LogP contribution is 2.60. The highest BCUT2D eigenvalue weighted by atomic mass is 16.9. The van der Waals surface area contributed by atoms with Gasteiger partial charge in [0.25, 0.3) is 6.48 Å². The van der Waals surface area contributed by atoms with Crippen molar-refractivity contribution in [1.82, 2.24) is 0 Å². The van der Waals surface area contributed by atoms with Gasteiger partial charge >= 0.3 is 0 Å². The van der Waals surface area contributed by atoms with Crippen molar-refractivity contribution >= 4 is 0 Å². The zero-order valence-corrected chi connectivity index (χ0v) is 8.36. The Kier molecular flexibility index (Phi) is 1.16. The molecule has 0 aromatic carbocycles. The smallest absolute Gasteiger partial charge is 0.272 e. The van der Waals surface area contributed by atoms with Crippen LogP contribution in [0, 0.1) is 5.41 Å². The minimum Gasteiger partial charge on any atom is -0.372 e. The Morgan fingerprint density at radius 2 is 2.07 bits per heavy atom. The van der Waals surface area contributed by atoms with E-state index in [4.69, 9.17) is 18.9 Å². The van der Waals surface area contributed by atoms with Crippen LogP contribution in [0.3, 0.4) is 0 Å². The van der Waals surface area contributed by atoms with Gasteiger partial charge in [-0.2, -0.15) is 0 Å². The van der Waals surface area contributed by atoms with Crippen molar-refractivity contribution in [3.63, 3.8) is 0 Å². The maximum atomic E-state index is 5.82. The third-order valence-electron chi connectivity index (χ3n) is 4.57. The molecule has 0 spiro atoms. The molecule has 4 saturated heterocycles. The van der Waals surface area contributed by atoms with Gasteiger partial charge in [-0.3, -0.25) is 0 Å². The Bertz CT molecular complexity index is 306. The second kappa shape index (κ2) is 2.02. The second-order valence-corrected chi connectivity index (χ2v) is 5.27. The fourth-order valence-electron chi connectivity index (χ4n) is 3.39. The Morgan fingerprint density at radius 3 is 2.93 bits per heavy atom. The van der Waals surface area contributed by atoms with E-state index in [0.717, 1.165) is 13.0 Å². The number of hydrogen-bond acceptors (Lipinski definition) is 4. The Hall–Kier alpha value is -0.160. The normalized spacial score (nSPS) is 69.0. The van der Waals surface area contributed by atoms with Crippen LogP contribution in [-0.4, -0.2) is 37.0 Å². The monoisotopic (exact) mass is 198 g/mol. The van der Waals surface area contributed by atoms with Crippen LogP contribution in [0.5, 0.6) is 0 Å². The molecule has 5 aliphatic rings. The van der Waals surface area contributed by atoms with E-state index in [1.165, 1.54) is 0 Å². The van der Waals surface area contributed by atoms with Crippen LogP contribution in [0.25, 0.3) is 0 Å². The van der Waals surface area contributed by atoms with E-state index in [2.05, 4.69) is 13.8 Å². The van der Waals surface area contributed by atoms with Gasteiger partial charge in [-0.25, -0.2) is 0 Å². The molecule has 78 valence electrons. The van der Waals surface area contributed by atoms with Crippen molar-refractivity contribution in [3.05, 3.63) is 0 Å². The molecule has 1 saturated carbocycles. The van der Waals surface area contributed by atoms with Crippen molar-refractivity contribution in [2.75, 3.05) is 6.61 Å². The Morgan fingerprint density at radius 1 is 1.21 bits per heavy atom. The van der Waals surface area contributed by atoms with Crippen LogP contribution >= 0.6 is 0 Å². The van der Waals surface area contributed by atoms with E-state index in [1.807, 2.05) is 0 Å². The number of rotatable bonds is 0. The van der Waals surface area contributed by atoms with Gasteiger partial charge in [-0.15, -0.1) is 0 Å². The number of ether oxygens (including phenoxy) is 4. The first-order chi connectivity index (χ1) is 6.62. The average molecular weight is 198 g/mol. The predicted molar refractivity (Wildman–Crippen MR) is 45.5 cm³/mol. The fourth-order valence-corrected chi connectivity index (χ4v) is 3.39. The maximum absolute atomic E-state index is 5.82. The SMILES string of the molecule is CC12CC3OC(OC4C3OCC41C)O2. The van der Waals surface area contributed by atoms with E-state index >= 15 is 0 Å². The van der Waals surface area contributed by atoms with Crippen molar-refractivity contribution in [2.45, 2.75) is 50.7 Å². The van der Waals surface area contributed by atoms with Gasteiger partial charge in [0.1, 0.15) is 12.2 Å². The van der Waals surface area contributed by atoms with Crippen LogP contribution in [-0.2, 0) is 18.9 Å². The van der Waals surface area contributed by atoms with E-state index < -0.39 is 6.48 Å². The molecular weight excluding hydrogens is 184 g/mol. The van der Waals surface area contributed by atoms with Crippen molar-refractivity contribution in [1.29, 1.82) is 0 Å². The third-order valence-corrected chi connectivity index (χ3v) is 4.57. The van der Waals surface area contributed by atoms with E-state index in [0.29, 0.717) is 0 Å². The molecule has 6 unspecified atom stereocenters. The molecular formula is C10H14O4. The zero-order valence-electron chi connectivity index (χ0n) is 8.36. The Labute approximate surface area is 82.5 Å². The molecule has 0 amide bonds. The molecule has 6 atom stereocenters. The summed E-state index contributed by atoms with van der Waals surface area (Å²) in [6.07, 6.45) is 1.41. The molecule has 4 aliphatic heterocycles. The third kappa shape index (κ3) is 0.634. The standard InChI is InChI=1S/C10H14O4/c1-9-4-11-6-5-3-10(9,2)14-8(12-5)13-7(6)9/h5-8H,3-4H2,1-2H3. The first kappa shape index (κ1) is 8.05. The van der Waals surface area contributed by atoms with E-state index in [1.54, 1.807) is 0 Å². The summed E-state index contributed by atoms with van der Waals surface area (Å²) in [6, 6.07) is 0. The van der Waals surface area contributed by atoms with Gasteiger partial charge in [-0.1, -0.05) is 6.92 Å². The van der Waals surface area contributed by atoms with Gasteiger partial charge in [0, 0.05) is 11.8 Å². The number of hydrogen-bond donors (Lipinski definition) is 0. The summed E-state index contributed by atoms with van der Waals surface area (Å²) >= 11 is 0. The first-order valence-electron chi connectivity index (χ1n) is 5.23. The summed E-state index contributed by atoms with van der Waals surface area (Å²) in [4.78, 5) is 0. The van der Waals surface area contributed by atoms with Crippen LogP contribution in [0.1, 0.15) is 20.3 Å². The Balaban J connectivity index is 1.90. The minimum absolute atomic E-state index is 0.00838. The van der Waals surface area contributed by atoms with Crippen LogP contribution in [0.15, 0.2) is 0 Å². The van der Waals surface area contributed by atoms with Crippen molar-refractivity contribution in [2.24, 2.45) is 5.41 Å². The quantitative estimate of drug-likeness (QED) is 0.572. The lowest BCUT2D eigenvalue weighted by Gasteiger charge is -2.61. The first-order valence-corrected chi connectivity index (χ1v) is 5.23. The molecule has 4 heterocycles. The van der Waals surface area contributed by atoms with Crippen molar-refractivity contribution < 1.29 is 18.9 Å². The summed E-state index contributed by atoms with van der Waals surface area (Å²) in [6.45, 7) is 4.64. The molecule has 0 aromatic heterocycles. The second-order valence-electron chi connectivity index (χ2n) is 5.27. The summed E-state index contributed by atoms with van der Waals surface area (Å²) in [5.74, 6) is 0. The summed E-state index contributed by atoms with van der Waals surface area (Å²) < 4.78 is 22.9. The molecule has 6 bridgehead atoms. The summed E-state index contributed by atoms with van der Waals surface area (Å²) in [5, 5.41) is 0. The maximum Gasteiger partial charge on any atom is 0.272 e. The van der Waals surface area contributed by atoms with Crippen LogP contribution < -0.4 is 0 Å². The van der Waals surface area contributed by atoms with Crippen molar-refractivity contribution in [3.8, 4) is 0 Å². The topological polar surface area (TPSA) is 36.9 Å². The zero-order chi connectivity index (χ0) is 9.55. The largest absolute Gasteiger partial charge is 0.372 e. The molecule has 4 nitrogen and oxygen atoms in total. The summed E-state index contributed by atoms with van der Waals surface area (Å²) in [5.41, 5.74) is -0.120. The minimum atomic E-state index is -0.449. The predicted octanol–water partition coefficient (Wildman–Crippen LogP) is 0.652. The van der Waals surface area contributed by atoms with E-state index in [9.17, 15) is 0 Å². The molecule has 0 N–H and O–H groups in total. The lowest BCUT2D eigenvalue weighted by molar-refractivity contribution is -0.478. The fraction of sp³-hybridized carbons (Fsp3) is 1.00. The molecule has 1 aliphatic carbocycles. The molecule has 0 radical (unpaired) electrons. The van der Waals surface area contributed by atoms with Gasteiger partial charge < -0.3 is 18.9 Å². The summed E-state index contributed by atoms with van der Waals surface area (Å²) in [7, 11) is 0. The van der Waals surface area contributed by atoms with Gasteiger partial charge in [0.2, 0.25) is 0 Å². The molecule has 5 fully saturated rings. The lowest BCUT2D eigenvalue weighted by Crippen LogP contribution is -2.72. The van der Waals surface area contributed by atoms with Crippen LogP contribution in [0.4, 0.5) is 0 Å². The molecule has 4 heteroatoms. The van der Waals surface area contributed by atoms with Gasteiger partial charge in [0.05, 0.1) is 18.3 Å². The van der Waals surface area contributed by atoms with Gasteiger partial charge in [0.15, 0.2) is 0 Å². The van der Waals surface area contributed by atoms with E-state index in [-0.39, 0.29) is 29.3 Å². The van der Waals surface area contributed by atoms with Gasteiger partial charge in [-0.05, 0) is 6.92 Å². The van der Waals surface area contributed by atoms with Crippen LogP contribution in [0.2, 0.25) is 0 Å².